The second-order valence-electron chi connectivity index (χ2n) is 7.75. The average molecular weight is 478 g/mol. The van der Waals surface area contributed by atoms with Gasteiger partial charge in [-0.1, -0.05) is 26.0 Å². The van der Waals surface area contributed by atoms with E-state index in [4.69, 9.17) is 10.5 Å². The molecule has 2 aromatic carbocycles. The van der Waals surface area contributed by atoms with Gasteiger partial charge in [0.2, 0.25) is 9.84 Å². The van der Waals surface area contributed by atoms with E-state index in [2.05, 4.69) is 4.98 Å². The van der Waals surface area contributed by atoms with E-state index in [1.807, 2.05) is 13.8 Å². The molecule has 0 aliphatic rings. The summed E-state index contributed by atoms with van der Waals surface area (Å²) in [5, 5.41) is -0.456. The van der Waals surface area contributed by atoms with Crippen LogP contribution in [-0.2, 0) is 9.84 Å². The van der Waals surface area contributed by atoms with Crippen molar-refractivity contribution in [2.75, 3.05) is 18.1 Å². The molecule has 2 N–H and O–H groups in total. The topological polar surface area (TPSA) is 99.4 Å². The number of hydrogen-bond donors (Lipinski definition) is 1. The molecular formula is C23H21F3N2O4S. The molecular weight excluding hydrogens is 457 g/mol. The molecule has 0 saturated carbocycles. The van der Waals surface area contributed by atoms with E-state index in [0.717, 1.165) is 30.3 Å². The maximum atomic E-state index is 14.8. The van der Waals surface area contributed by atoms with Crippen LogP contribution in [0.2, 0.25) is 0 Å². The monoisotopic (exact) mass is 478 g/mol. The maximum Gasteiger partial charge on any atom is 0.203 e. The summed E-state index contributed by atoms with van der Waals surface area (Å²) in [5.41, 5.74) is 4.40. The highest BCUT2D eigenvalue weighted by Gasteiger charge is 2.26. The van der Waals surface area contributed by atoms with Gasteiger partial charge in [0.25, 0.3) is 0 Å². The standard InChI is InChI=1S/C23H21F3N2O4S/c1-13(2)11-32-16-9-14(8-15(24)10-16)17-6-7-18(23(26)22(17)25)19(29)12-33(30,31)21-5-3-4-20(27)28-21/h3-10,13H,11-12H2,1-2H3,(H2,27,28). The SMILES string of the molecule is CC(C)COc1cc(F)cc(-c2ccc(C(=O)CS(=O)(=O)c3cccc(N)n3)c(F)c2F)c1. The first-order chi connectivity index (χ1) is 15.5. The van der Waals surface area contributed by atoms with Crippen LogP contribution in [-0.4, -0.2) is 31.5 Å². The summed E-state index contributed by atoms with van der Waals surface area (Å²) >= 11 is 0. The maximum absolute atomic E-state index is 14.8. The first kappa shape index (κ1) is 24.2. The summed E-state index contributed by atoms with van der Waals surface area (Å²) in [4.78, 5) is 16.1. The van der Waals surface area contributed by atoms with Gasteiger partial charge >= 0.3 is 0 Å². The largest absolute Gasteiger partial charge is 0.493 e. The summed E-state index contributed by atoms with van der Waals surface area (Å²) in [6, 6.07) is 9.34. The fourth-order valence-corrected chi connectivity index (χ4v) is 4.16. The van der Waals surface area contributed by atoms with Gasteiger partial charge in [0.15, 0.2) is 22.4 Å². The van der Waals surface area contributed by atoms with Crippen molar-refractivity contribution < 1.29 is 31.1 Å². The number of carbonyl (C=O) groups is 1. The minimum atomic E-state index is -4.24. The Morgan fingerprint density at radius 1 is 1.06 bits per heavy atom. The van der Waals surface area contributed by atoms with Gasteiger partial charge in [-0.25, -0.2) is 26.6 Å². The summed E-state index contributed by atoms with van der Waals surface area (Å²) in [6.07, 6.45) is 0. The van der Waals surface area contributed by atoms with Crippen molar-refractivity contribution >= 4 is 21.4 Å². The third-order valence-corrected chi connectivity index (χ3v) is 6.04. The minimum Gasteiger partial charge on any atom is -0.493 e. The van der Waals surface area contributed by atoms with Crippen molar-refractivity contribution in [2.45, 2.75) is 18.9 Å². The van der Waals surface area contributed by atoms with Crippen LogP contribution in [0.5, 0.6) is 5.75 Å². The number of ether oxygens (including phenoxy) is 1. The molecule has 0 aliphatic heterocycles. The van der Waals surface area contributed by atoms with E-state index in [9.17, 15) is 26.4 Å². The molecule has 0 amide bonds. The second kappa shape index (κ2) is 9.62. The molecule has 0 aliphatic carbocycles. The first-order valence-electron chi connectivity index (χ1n) is 9.88. The van der Waals surface area contributed by atoms with Crippen LogP contribution in [0.25, 0.3) is 11.1 Å². The lowest BCUT2D eigenvalue weighted by atomic mass is 10.0. The second-order valence-corrected chi connectivity index (χ2v) is 9.69. The number of nitrogens with two attached hydrogens (primary N) is 1. The molecule has 0 saturated heterocycles. The highest BCUT2D eigenvalue weighted by molar-refractivity contribution is 7.92. The minimum absolute atomic E-state index is 0.000683. The van der Waals surface area contributed by atoms with Crippen LogP contribution in [0.3, 0.4) is 0 Å². The van der Waals surface area contributed by atoms with E-state index in [1.165, 1.54) is 18.2 Å². The number of hydrogen-bond acceptors (Lipinski definition) is 6. The van der Waals surface area contributed by atoms with Gasteiger partial charge in [0, 0.05) is 11.6 Å². The zero-order valence-electron chi connectivity index (χ0n) is 17.8. The number of Topliss-reactive ketones (excluding diaryl/α,β-unsaturated/α-hetero) is 1. The van der Waals surface area contributed by atoms with E-state index in [1.54, 1.807) is 0 Å². The van der Waals surface area contributed by atoms with Crippen molar-refractivity contribution in [2.24, 2.45) is 5.92 Å². The van der Waals surface area contributed by atoms with Crippen molar-refractivity contribution in [3.63, 3.8) is 0 Å². The van der Waals surface area contributed by atoms with Crippen molar-refractivity contribution in [1.29, 1.82) is 0 Å². The molecule has 0 spiro atoms. The Kier molecular flexibility index (Phi) is 7.06. The smallest absolute Gasteiger partial charge is 0.203 e. The number of carbonyl (C=O) groups excluding carboxylic acids is 1. The van der Waals surface area contributed by atoms with Gasteiger partial charge in [-0.15, -0.1) is 0 Å². The predicted molar refractivity (Wildman–Crippen MR) is 117 cm³/mol. The predicted octanol–water partition coefficient (Wildman–Crippen LogP) is 4.44. The number of anilines is 1. The van der Waals surface area contributed by atoms with E-state index >= 15 is 0 Å². The molecule has 174 valence electrons. The third-order valence-electron chi connectivity index (χ3n) is 4.53. The number of nitrogen functional groups attached to an aromatic ring is 1. The van der Waals surface area contributed by atoms with Gasteiger partial charge < -0.3 is 10.5 Å². The number of ketones is 1. The molecule has 0 bridgehead atoms. The van der Waals surface area contributed by atoms with Crippen LogP contribution >= 0.6 is 0 Å². The van der Waals surface area contributed by atoms with E-state index < -0.39 is 49.4 Å². The van der Waals surface area contributed by atoms with Crippen molar-refractivity contribution in [1.82, 2.24) is 4.98 Å². The van der Waals surface area contributed by atoms with E-state index in [-0.39, 0.29) is 28.6 Å². The third kappa shape index (κ3) is 5.70. The molecule has 3 aromatic rings. The Hall–Kier alpha value is -3.40. The number of halogens is 3. The number of rotatable bonds is 8. The number of sulfone groups is 1. The lowest BCUT2D eigenvalue weighted by molar-refractivity contribution is 0.101. The Bertz CT molecular complexity index is 1310. The highest BCUT2D eigenvalue weighted by Crippen LogP contribution is 2.30. The zero-order chi connectivity index (χ0) is 24.3. The average Bonchev–Trinajstić information content (AvgIpc) is 2.73. The normalized spacial score (nSPS) is 11.6. The summed E-state index contributed by atoms with van der Waals surface area (Å²) in [6.45, 7) is 4.09. The summed E-state index contributed by atoms with van der Waals surface area (Å²) < 4.78 is 73.9. The van der Waals surface area contributed by atoms with Crippen LogP contribution < -0.4 is 10.5 Å². The van der Waals surface area contributed by atoms with Crippen molar-refractivity contribution in [3.8, 4) is 16.9 Å². The molecule has 6 nitrogen and oxygen atoms in total. The van der Waals surface area contributed by atoms with Gasteiger partial charge in [0.1, 0.15) is 23.1 Å². The fraction of sp³-hybridized carbons (Fsp3) is 0.217. The first-order valence-corrected chi connectivity index (χ1v) is 11.5. The molecule has 10 heteroatoms. The quantitative estimate of drug-likeness (QED) is 0.481. The number of nitrogens with zero attached hydrogens (tertiary/aromatic N) is 1. The molecule has 0 fully saturated rings. The number of aromatic nitrogens is 1. The number of benzene rings is 2. The van der Waals surface area contributed by atoms with Crippen LogP contribution in [0.15, 0.2) is 53.6 Å². The highest BCUT2D eigenvalue weighted by atomic mass is 32.2. The summed E-state index contributed by atoms with van der Waals surface area (Å²) in [5.74, 6) is -5.74. The Balaban J connectivity index is 1.91. The van der Waals surface area contributed by atoms with Gasteiger partial charge in [-0.2, -0.15) is 0 Å². The zero-order valence-corrected chi connectivity index (χ0v) is 18.6. The molecule has 33 heavy (non-hydrogen) atoms. The van der Waals surface area contributed by atoms with Crippen LogP contribution in [0.1, 0.15) is 24.2 Å². The molecule has 1 aromatic heterocycles. The summed E-state index contributed by atoms with van der Waals surface area (Å²) in [7, 11) is -4.24. The van der Waals surface area contributed by atoms with Crippen molar-refractivity contribution in [3.05, 3.63) is 71.5 Å². The fourth-order valence-electron chi connectivity index (χ4n) is 2.98. The Morgan fingerprint density at radius 2 is 1.79 bits per heavy atom. The molecule has 1 heterocycles. The van der Waals surface area contributed by atoms with Gasteiger partial charge in [-0.05, 0) is 41.8 Å². The lowest BCUT2D eigenvalue weighted by Crippen LogP contribution is -2.19. The van der Waals surface area contributed by atoms with E-state index in [0.29, 0.717) is 6.61 Å². The van der Waals surface area contributed by atoms with Gasteiger partial charge in [-0.3, -0.25) is 4.79 Å². The van der Waals surface area contributed by atoms with Gasteiger partial charge in [0.05, 0.1) is 12.2 Å². The lowest BCUT2D eigenvalue weighted by Gasteiger charge is -2.12. The molecule has 0 radical (unpaired) electrons. The van der Waals surface area contributed by atoms with Crippen LogP contribution in [0, 0.1) is 23.4 Å². The molecule has 3 rings (SSSR count). The number of pyridine rings is 1. The molecule has 0 unspecified atom stereocenters. The Labute approximate surface area is 189 Å². The molecule has 0 atom stereocenters. The van der Waals surface area contributed by atoms with Crippen LogP contribution in [0.4, 0.5) is 19.0 Å². The Morgan fingerprint density at radius 3 is 2.45 bits per heavy atom.